The van der Waals surface area contributed by atoms with Gasteiger partial charge in [-0.15, -0.1) is 0 Å². The number of nitrogens with zero attached hydrogens (tertiary/aromatic N) is 3. The number of aromatic nitrogens is 1. The second-order valence-corrected chi connectivity index (χ2v) is 21.7. The van der Waals surface area contributed by atoms with Gasteiger partial charge in [-0.05, 0) is 108 Å². The molecule has 2 saturated heterocycles. The molecule has 0 radical (unpaired) electrons. The van der Waals surface area contributed by atoms with Crippen molar-refractivity contribution in [3.8, 4) is 0 Å². The predicted molar refractivity (Wildman–Crippen MR) is 330 cm³/mol. The Morgan fingerprint density at radius 3 is 1.54 bits per heavy atom. The quantitative estimate of drug-likeness (QED) is 0.0360. The largest absolute Gasteiger partial charge is 0.355 e. The summed E-state index contributed by atoms with van der Waals surface area (Å²) in [5, 5.41) is 17.1. The van der Waals surface area contributed by atoms with Gasteiger partial charge in [0.15, 0.2) is 0 Å². The molecule has 4 atom stereocenters. The number of carbonyl (C=O) groups is 5. The summed E-state index contributed by atoms with van der Waals surface area (Å²) in [7, 11) is 0. The molecule has 7 aromatic rings. The molecule has 83 heavy (non-hydrogen) atoms. The van der Waals surface area contributed by atoms with E-state index in [0.717, 1.165) is 28.7 Å². The van der Waals surface area contributed by atoms with Gasteiger partial charge in [0.05, 0.1) is 6.04 Å². The van der Waals surface area contributed by atoms with Crippen LogP contribution < -0.4 is 32.3 Å². The molecule has 3 heterocycles. The smallest absolute Gasteiger partial charge is 0.269 e. The fourth-order valence-corrected chi connectivity index (χ4v) is 10.7. The molecular weight excluding hydrogens is 1080 g/mol. The van der Waals surface area contributed by atoms with Crippen LogP contribution >= 0.6 is 23.2 Å². The normalized spacial score (nSPS) is 17.3. The number of nitrogens with one attached hydrogen (secondary N) is 5. The minimum absolute atomic E-state index is 0.00206. The summed E-state index contributed by atoms with van der Waals surface area (Å²) >= 11 is 11.9. The van der Waals surface area contributed by atoms with Crippen molar-refractivity contribution in [2.24, 2.45) is 5.73 Å². The third kappa shape index (κ3) is 19.0. The highest BCUT2D eigenvalue weighted by Crippen LogP contribution is 2.29. The summed E-state index contributed by atoms with van der Waals surface area (Å²) in [5.74, 6) is -0.596. The summed E-state index contributed by atoms with van der Waals surface area (Å²) in [6.45, 7) is 3.46. The van der Waals surface area contributed by atoms with Crippen molar-refractivity contribution in [1.29, 1.82) is 0 Å². The number of rotatable bonds is 22. The van der Waals surface area contributed by atoms with Crippen LogP contribution in [-0.4, -0.2) is 121 Å². The molecule has 0 unspecified atom stereocenters. The Morgan fingerprint density at radius 2 is 1.05 bits per heavy atom. The molecule has 0 bridgehead atoms. The van der Waals surface area contributed by atoms with E-state index in [1.54, 1.807) is 42.6 Å². The zero-order chi connectivity index (χ0) is 58.2. The Hall–Kier alpha value is -7.98. The number of pyridine rings is 1. The molecule has 5 amide bonds. The minimum Gasteiger partial charge on any atom is -0.355 e. The van der Waals surface area contributed by atoms with Crippen LogP contribution in [0.4, 0.5) is 0 Å². The van der Waals surface area contributed by atoms with Crippen molar-refractivity contribution < 1.29 is 24.0 Å². The highest BCUT2D eigenvalue weighted by molar-refractivity contribution is 6.30. The topological polar surface area (TPSA) is 191 Å². The summed E-state index contributed by atoms with van der Waals surface area (Å²) in [6.07, 6.45) is 7.74. The number of nitrogens with two attached hydrogens (primary N) is 1. The van der Waals surface area contributed by atoms with E-state index in [2.05, 4.69) is 80.1 Å². The first-order valence-corrected chi connectivity index (χ1v) is 29.2. The maximum Gasteiger partial charge on any atom is 0.269 e. The highest BCUT2D eigenvalue weighted by Gasteiger charge is 2.35. The van der Waals surface area contributed by atoms with Crippen LogP contribution in [0.15, 0.2) is 200 Å². The van der Waals surface area contributed by atoms with E-state index in [1.807, 2.05) is 119 Å². The molecule has 2 aliphatic heterocycles. The zero-order valence-electron chi connectivity index (χ0n) is 46.5. The summed E-state index contributed by atoms with van der Waals surface area (Å²) in [6, 6.07) is 59.6. The zero-order valence-corrected chi connectivity index (χ0v) is 48.0. The van der Waals surface area contributed by atoms with Gasteiger partial charge in [-0.3, -0.25) is 34.3 Å². The number of hydrogen-bond donors (Lipinski definition) is 6. The maximum atomic E-state index is 14.0. The van der Waals surface area contributed by atoms with Crippen LogP contribution in [0.2, 0.25) is 10.0 Å². The lowest BCUT2D eigenvalue weighted by Crippen LogP contribution is -2.54. The van der Waals surface area contributed by atoms with Crippen LogP contribution in [0, 0.1) is 0 Å². The summed E-state index contributed by atoms with van der Waals surface area (Å²) in [5.41, 5.74) is 12.7. The van der Waals surface area contributed by atoms with Gasteiger partial charge in [0.25, 0.3) is 5.91 Å². The first-order valence-electron chi connectivity index (χ1n) is 28.4. The van der Waals surface area contributed by atoms with Crippen molar-refractivity contribution in [1.82, 2.24) is 41.4 Å². The molecule has 9 rings (SSSR count). The molecule has 2 aliphatic rings. The van der Waals surface area contributed by atoms with Crippen LogP contribution in [0.1, 0.15) is 81.4 Å². The first-order chi connectivity index (χ1) is 40.5. The Labute approximate surface area is 497 Å². The fourth-order valence-electron chi connectivity index (χ4n) is 10.4. The lowest BCUT2D eigenvalue weighted by Gasteiger charge is -2.29. The predicted octanol–water partition coefficient (Wildman–Crippen LogP) is 8.81. The molecule has 7 N–H and O–H groups in total. The molecule has 0 saturated carbocycles. The molecule has 1 aromatic heterocycles. The van der Waals surface area contributed by atoms with Crippen LogP contribution in [0.25, 0.3) is 6.08 Å². The van der Waals surface area contributed by atoms with Gasteiger partial charge in [-0.2, -0.15) is 0 Å². The number of amides is 5. The van der Waals surface area contributed by atoms with Gasteiger partial charge in [0.2, 0.25) is 23.6 Å². The number of hydrogen-bond acceptors (Lipinski definition) is 9. The first kappa shape index (κ1) is 61.1. The Bertz CT molecular complexity index is 3090. The number of carbonyl (C=O) groups excluding carboxylic acids is 5. The molecule has 0 aliphatic carbocycles. The van der Waals surface area contributed by atoms with Gasteiger partial charge in [-0.25, -0.2) is 0 Å². The van der Waals surface area contributed by atoms with Crippen molar-refractivity contribution in [2.75, 3.05) is 52.4 Å². The Kier molecular flexibility index (Phi) is 23.6. The summed E-state index contributed by atoms with van der Waals surface area (Å²) < 4.78 is 0. The SMILES string of the molecule is NCC[C@@H]1N[C@H](CNC(=O)CCc2ccc(Cl)cc2)CCN(CC(c2ccccc2)c2ccccc2)C1=O.O=C(C=Cc1ccc(Cl)cc1)NC[C@@H]1CCN(CC(c2ccccc2)c2ccccc2)C(=O)[C@H](CNC(=O)c2ccccn2)N1. The molecule has 2 fully saturated rings. The molecule has 6 aromatic carbocycles. The van der Waals surface area contributed by atoms with Crippen LogP contribution in [0.3, 0.4) is 0 Å². The average molecular weight is 1160 g/mol. The van der Waals surface area contributed by atoms with Gasteiger partial charge in [0.1, 0.15) is 11.7 Å². The molecule has 14 nitrogen and oxygen atoms in total. The average Bonchev–Trinajstić information content (AvgIpc) is 3.80. The summed E-state index contributed by atoms with van der Waals surface area (Å²) in [4.78, 5) is 73.6. The van der Waals surface area contributed by atoms with Crippen LogP contribution in [-0.2, 0) is 25.6 Å². The highest BCUT2D eigenvalue weighted by atomic mass is 35.5. The van der Waals surface area contributed by atoms with Gasteiger partial charge in [0, 0.05) is 98.5 Å². The van der Waals surface area contributed by atoms with Crippen LogP contribution in [0.5, 0.6) is 0 Å². The van der Waals surface area contributed by atoms with E-state index in [9.17, 15) is 24.0 Å². The molecule has 0 spiro atoms. The number of benzene rings is 6. The van der Waals surface area contributed by atoms with Gasteiger partial charge >= 0.3 is 0 Å². The van der Waals surface area contributed by atoms with Crippen molar-refractivity contribution >= 4 is 58.8 Å². The van der Waals surface area contributed by atoms with E-state index in [0.29, 0.717) is 81.5 Å². The van der Waals surface area contributed by atoms with E-state index in [4.69, 9.17) is 28.9 Å². The third-order valence-corrected chi connectivity index (χ3v) is 15.4. The second-order valence-electron chi connectivity index (χ2n) is 20.8. The number of aryl methyl sites for hydroxylation is 1. The Balaban J connectivity index is 0.000000220. The van der Waals surface area contributed by atoms with E-state index in [1.165, 1.54) is 17.2 Å². The maximum absolute atomic E-state index is 14.0. The molecule has 16 heteroatoms. The molecular formula is C67H73Cl2N9O5. The number of halogens is 2. The standard InChI is InChI=1S/C36H36ClN5O3.C31H37ClN4O2/c37-29-17-14-26(15-18-29)16-19-34(43)39-23-30-20-22-42(25-31(27-9-3-1-4-10-27)28-11-5-2-6-12-28)36(45)33(41-30)24-40-35(44)32-13-7-8-21-38-32;32-26-14-11-23(12-15-26)13-16-30(37)34-21-27-18-20-36(31(38)29(35-27)17-19-33)22-28(24-7-3-1-4-8-24)25-9-5-2-6-10-25/h1-19,21,30-31,33,41H,20,22-25H2,(H,39,43)(H,40,44);1-12,14-15,27-29,35H,13,16-22,33H2,(H,34,37)/t30-,33-;27-,29-/m00/s1. The monoisotopic (exact) mass is 1150 g/mol. The third-order valence-electron chi connectivity index (χ3n) is 14.9. The van der Waals surface area contributed by atoms with Crippen molar-refractivity contribution in [3.05, 3.63) is 249 Å². The molecule has 430 valence electrons. The van der Waals surface area contributed by atoms with E-state index >= 15 is 0 Å². The Morgan fingerprint density at radius 1 is 0.578 bits per heavy atom. The van der Waals surface area contributed by atoms with Gasteiger partial charge in [-0.1, -0.05) is 175 Å². The van der Waals surface area contributed by atoms with Crippen molar-refractivity contribution in [2.45, 2.75) is 68.1 Å². The van der Waals surface area contributed by atoms with Gasteiger partial charge < -0.3 is 36.8 Å². The minimum atomic E-state index is -0.695. The van der Waals surface area contributed by atoms with Crippen molar-refractivity contribution in [3.63, 3.8) is 0 Å². The fraction of sp³-hybridized carbons (Fsp3) is 0.284. The second kappa shape index (κ2) is 32.0. The van der Waals surface area contributed by atoms with E-state index < -0.39 is 6.04 Å². The lowest BCUT2D eigenvalue weighted by atomic mass is 9.90. The lowest BCUT2D eigenvalue weighted by molar-refractivity contribution is -0.133. The van der Waals surface area contributed by atoms with E-state index in [-0.39, 0.29) is 71.7 Å².